The lowest BCUT2D eigenvalue weighted by atomic mass is 9.89. The van der Waals surface area contributed by atoms with Crippen molar-refractivity contribution in [2.24, 2.45) is 5.92 Å². The van der Waals surface area contributed by atoms with Gasteiger partial charge in [-0.2, -0.15) is 0 Å². The van der Waals surface area contributed by atoms with Gasteiger partial charge in [0, 0.05) is 39.5 Å². The van der Waals surface area contributed by atoms with Crippen molar-refractivity contribution in [2.45, 2.75) is 38.6 Å². The Morgan fingerprint density at radius 1 is 1.00 bits per heavy atom. The van der Waals surface area contributed by atoms with E-state index in [1.165, 1.54) is 49.0 Å². The first kappa shape index (κ1) is 19.6. The molecule has 0 radical (unpaired) electrons. The molecule has 4 heteroatoms. The van der Waals surface area contributed by atoms with Gasteiger partial charge in [0.25, 0.3) is 0 Å². The second-order valence-corrected chi connectivity index (χ2v) is 7.88. The van der Waals surface area contributed by atoms with Gasteiger partial charge >= 0.3 is 0 Å². The number of piperidine rings is 1. The van der Waals surface area contributed by atoms with Crippen LogP contribution in [0.25, 0.3) is 0 Å². The Labute approximate surface area is 163 Å². The highest BCUT2D eigenvalue weighted by molar-refractivity contribution is 5.75. The van der Waals surface area contributed by atoms with Gasteiger partial charge in [0.05, 0.1) is 0 Å². The van der Waals surface area contributed by atoms with Crippen molar-refractivity contribution in [3.63, 3.8) is 0 Å². The van der Waals surface area contributed by atoms with Crippen LogP contribution in [0.1, 0.15) is 36.0 Å². The standard InChI is InChI=1S/C23H31N3O/c1-25(2)23(27)8-7-19-3-5-20(6-4-19)17-21-11-15-26(16-12-21)18-22-9-13-24-14-10-22/h3-6,9-10,13-14,21H,7-8,11-12,15-18H2,1-2H3. The van der Waals surface area contributed by atoms with Crippen LogP contribution in [0.15, 0.2) is 48.8 Å². The smallest absolute Gasteiger partial charge is 0.222 e. The molecule has 0 bridgehead atoms. The normalized spacial score (nSPS) is 15.6. The number of hydrogen-bond donors (Lipinski definition) is 0. The molecule has 1 fully saturated rings. The van der Waals surface area contributed by atoms with Gasteiger partial charge in [0.2, 0.25) is 5.91 Å². The van der Waals surface area contributed by atoms with Crippen LogP contribution in [0.4, 0.5) is 0 Å². The van der Waals surface area contributed by atoms with E-state index < -0.39 is 0 Å². The number of nitrogens with zero attached hydrogens (tertiary/aromatic N) is 3. The molecule has 1 saturated heterocycles. The Kier molecular flexibility index (Phi) is 6.99. The highest BCUT2D eigenvalue weighted by Gasteiger charge is 2.19. The summed E-state index contributed by atoms with van der Waals surface area (Å²) in [7, 11) is 3.63. The number of hydrogen-bond acceptors (Lipinski definition) is 3. The minimum atomic E-state index is 0.192. The maximum atomic E-state index is 11.7. The van der Waals surface area contributed by atoms with Crippen LogP contribution in [-0.4, -0.2) is 47.9 Å². The maximum absolute atomic E-state index is 11.7. The number of amides is 1. The van der Waals surface area contributed by atoms with Crippen molar-refractivity contribution >= 4 is 5.91 Å². The molecule has 0 atom stereocenters. The zero-order valence-corrected chi connectivity index (χ0v) is 16.6. The average Bonchev–Trinajstić information content (AvgIpc) is 2.69. The topological polar surface area (TPSA) is 36.4 Å². The third-order valence-electron chi connectivity index (χ3n) is 5.54. The first-order chi connectivity index (χ1) is 13.1. The SMILES string of the molecule is CN(C)C(=O)CCc1ccc(CC2CCN(Cc3ccncc3)CC2)cc1. The molecule has 3 rings (SSSR count). The molecular formula is C23H31N3O. The summed E-state index contributed by atoms with van der Waals surface area (Å²) in [5.74, 6) is 0.970. The molecule has 1 aliphatic heterocycles. The number of aryl methyl sites for hydroxylation is 1. The van der Waals surface area contributed by atoms with Gasteiger partial charge in [-0.3, -0.25) is 14.7 Å². The van der Waals surface area contributed by atoms with Crippen LogP contribution in [0.3, 0.4) is 0 Å². The summed E-state index contributed by atoms with van der Waals surface area (Å²) in [6, 6.07) is 13.1. The van der Waals surface area contributed by atoms with Crippen LogP contribution in [0.2, 0.25) is 0 Å². The van der Waals surface area contributed by atoms with Crippen molar-refractivity contribution in [3.05, 3.63) is 65.5 Å². The van der Waals surface area contributed by atoms with Gasteiger partial charge in [0.1, 0.15) is 0 Å². The maximum Gasteiger partial charge on any atom is 0.222 e. The summed E-state index contributed by atoms with van der Waals surface area (Å²) in [5, 5.41) is 0. The largest absolute Gasteiger partial charge is 0.349 e. The highest BCUT2D eigenvalue weighted by Crippen LogP contribution is 2.23. The molecule has 1 aliphatic rings. The fraction of sp³-hybridized carbons (Fsp3) is 0.478. The lowest BCUT2D eigenvalue weighted by Gasteiger charge is -2.32. The molecule has 27 heavy (non-hydrogen) atoms. The Morgan fingerprint density at radius 2 is 1.63 bits per heavy atom. The van der Waals surface area contributed by atoms with Gasteiger partial charge in [-0.25, -0.2) is 0 Å². The van der Waals surface area contributed by atoms with E-state index in [4.69, 9.17) is 0 Å². The minimum absolute atomic E-state index is 0.192. The predicted molar refractivity (Wildman–Crippen MR) is 109 cm³/mol. The summed E-state index contributed by atoms with van der Waals surface area (Å²) >= 11 is 0. The van der Waals surface area contributed by atoms with Crippen LogP contribution in [0.5, 0.6) is 0 Å². The predicted octanol–water partition coefficient (Wildman–Crippen LogP) is 3.56. The van der Waals surface area contributed by atoms with Gasteiger partial charge < -0.3 is 4.90 Å². The number of carbonyl (C=O) groups excluding carboxylic acids is 1. The Bertz CT molecular complexity index is 704. The van der Waals surface area contributed by atoms with Gasteiger partial charge in [-0.15, -0.1) is 0 Å². The van der Waals surface area contributed by atoms with E-state index in [1.54, 1.807) is 4.90 Å². The third-order valence-corrected chi connectivity index (χ3v) is 5.54. The van der Waals surface area contributed by atoms with Crippen LogP contribution < -0.4 is 0 Å². The molecule has 0 unspecified atom stereocenters. The Morgan fingerprint density at radius 3 is 2.26 bits per heavy atom. The molecule has 0 spiro atoms. The quantitative estimate of drug-likeness (QED) is 0.753. The van der Waals surface area contributed by atoms with Crippen molar-refractivity contribution in [1.82, 2.24) is 14.8 Å². The minimum Gasteiger partial charge on any atom is -0.349 e. The average molecular weight is 366 g/mol. The van der Waals surface area contributed by atoms with E-state index in [0.717, 1.165) is 18.9 Å². The van der Waals surface area contributed by atoms with Crippen molar-refractivity contribution in [2.75, 3.05) is 27.2 Å². The van der Waals surface area contributed by atoms with Gasteiger partial charge in [-0.05, 0) is 73.5 Å². The molecule has 144 valence electrons. The molecule has 1 aromatic heterocycles. The van der Waals surface area contributed by atoms with Crippen molar-refractivity contribution in [1.29, 1.82) is 0 Å². The molecule has 0 N–H and O–H groups in total. The van der Waals surface area contributed by atoms with E-state index in [2.05, 4.69) is 46.3 Å². The third kappa shape index (κ3) is 6.17. The Balaban J connectivity index is 1.41. The monoisotopic (exact) mass is 365 g/mol. The van der Waals surface area contributed by atoms with Crippen LogP contribution >= 0.6 is 0 Å². The molecule has 0 saturated carbocycles. The summed E-state index contributed by atoms with van der Waals surface area (Å²) in [5.41, 5.74) is 4.03. The number of rotatable bonds is 7. The lowest BCUT2D eigenvalue weighted by molar-refractivity contribution is -0.128. The zero-order valence-electron chi connectivity index (χ0n) is 16.6. The molecule has 1 amide bonds. The fourth-order valence-corrected chi connectivity index (χ4v) is 3.75. The highest BCUT2D eigenvalue weighted by atomic mass is 16.2. The number of likely N-dealkylation sites (tertiary alicyclic amines) is 1. The molecule has 2 aromatic rings. The fourth-order valence-electron chi connectivity index (χ4n) is 3.75. The lowest BCUT2D eigenvalue weighted by Crippen LogP contribution is -2.33. The van der Waals surface area contributed by atoms with E-state index in [0.29, 0.717) is 6.42 Å². The molecule has 1 aromatic carbocycles. The van der Waals surface area contributed by atoms with Gasteiger partial charge in [-0.1, -0.05) is 24.3 Å². The summed E-state index contributed by atoms with van der Waals surface area (Å²) in [4.78, 5) is 20.0. The number of pyridine rings is 1. The van der Waals surface area contributed by atoms with Crippen LogP contribution in [-0.2, 0) is 24.2 Å². The van der Waals surface area contributed by atoms with Crippen molar-refractivity contribution in [3.8, 4) is 0 Å². The molecule has 2 heterocycles. The van der Waals surface area contributed by atoms with E-state index >= 15 is 0 Å². The molecular weight excluding hydrogens is 334 g/mol. The Hall–Kier alpha value is -2.20. The van der Waals surface area contributed by atoms with Crippen molar-refractivity contribution < 1.29 is 4.79 Å². The molecule has 4 nitrogen and oxygen atoms in total. The van der Waals surface area contributed by atoms with E-state index in [1.807, 2.05) is 26.5 Å². The number of aromatic nitrogens is 1. The summed E-state index contributed by atoms with van der Waals surface area (Å²) < 4.78 is 0. The molecule has 0 aliphatic carbocycles. The van der Waals surface area contributed by atoms with Gasteiger partial charge in [0.15, 0.2) is 0 Å². The zero-order chi connectivity index (χ0) is 19.1. The number of benzene rings is 1. The second-order valence-electron chi connectivity index (χ2n) is 7.88. The second kappa shape index (κ2) is 9.65. The first-order valence-corrected chi connectivity index (χ1v) is 9.99. The summed E-state index contributed by atoms with van der Waals surface area (Å²) in [6.07, 6.45) is 8.87. The summed E-state index contributed by atoms with van der Waals surface area (Å²) in [6.45, 7) is 3.39. The number of carbonyl (C=O) groups is 1. The first-order valence-electron chi connectivity index (χ1n) is 9.99. The van der Waals surface area contributed by atoms with E-state index in [9.17, 15) is 4.79 Å². The van der Waals surface area contributed by atoms with Crippen LogP contribution in [0, 0.1) is 5.92 Å². The van der Waals surface area contributed by atoms with E-state index in [-0.39, 0.29) is 5.91 Å².